The topological polar surface area (TPSA) is 93.0 Å². The Balaban J connectivity index is 1.46. The van der Waals surface area contributed by atoms with E-state index in [4.69, 9.17) is 0 Å². The van der Waals surface area contributed by atoms with E-state index in [2.05, 4.69) is 20.6 Å². The predicted octanol–water partition coefficient (Wildman–Crippen LogP) is 2.01. The van der Waals surface area contributed by atoms with Crippen LogP contribution in [-0.2, 0) is 4.79 Å². The summed E-state index contributed by atoms with van der Waals surface area (Å²) in [6.07, 6.45) is 5.04. The molecule has 0 saturated carbocycles. The minimum absolute atomic E-state index is 0.126. The summed E-state index contributed by atoms with van der Waals surface area (Å²) < 4.78 is 1.76. The molecule has 3 heterocycles. The number of rotatable bonds is 7. The third-order valence-corrected chi connectivity index (χ3v) is 5.51. The molecule has 3 rings (SSSR count). The fourth-order valence-corrected chi connectivity index (χ4v) is 3.75. The highest BCUT2D eigenvalue weighted by atomic mass is 32.2. The van der Waals surface area contributed by atoms with Crippen molar-refractivity contribution in [1.29, 1.82) is 0 Å². The first-order chi connectivity index (χ1) is 13.5. The molecule has 2 aromatic heterocycles. The van der Waals surface area contributed by atoms with Gasteiger partial charge in [0.05, 0.1) is 23.0 Å². The number of likely N-dealkylation sites (tertiary alicyclic amines) is 1. The average molecular weight is 403 g/mol. The van der Waals surface area contributed by atoms with Gasteiger partial charge in [0.2, 0.25) is 5.91 Å². The van der Waals surface area contributed by atoms with Gasteiger partial charge >= 0.3 is 0 Å². The summed E-state index contributed by atoms with van der Waals surface area (Å²) in [6.45, 7) is 6.06. The van der Waals surface area contributed by atoms with Gasteiger partial charge in [0.25, 0.3) is 5.91 Å². The highest BCUT2D eigenvalue weighted by Gasteiger charge is 2.25. The smallest absolute Gasteiger partial charge is 0.273 e. The monoisotopic (exact) mass is 402 g/mol. The van der Waals surface area contributed by atoms with Crippen molar-refractivity contribution in [3.05, 3.63) is 36.3 Å². The molecule has 1 saturated heterocycles. The number of piperidine rings is 1. The van der Waals surface area contributed by atoms with Crippen molar-refractivity contribution in [3.8, 4) is 0 Å². The zero-order chi connectivity index (χ0) is 19.9. The van der Waals surface area contributed by atoms with Gasteiger partial charge in [-0.2, -0.15) is 0 Å². The largest absolute Gasteiger partial charge is 0.350 e. The summed E-state index contributed by atoms with van der Waals surface area (Å²) in [5, 5.41) is 11.8. The molecular weight excluding hydrogens is 376 g/mol. The highest BCUT2D eigenvalue weighted by molar-refractivity contribution is 7.99. The van der Waals surface area contributed by atoms with Crippen molar-refractivity contribution in [3.63, 3.8) is 0 Å². The first-order valence-corrected chi connectivity index (χ1v) is 10.5. The third kappa shape index (κ3) is 5.54. The Labute approximate surface area is 169 Å². The van der Waals surface area contributed by atoms with Crippen molar-refractivity contribution >= 4 is 23.6 Å². The summed E-state index contributed by atoms with van der Waals surface area (Å²) in [5.74, 6) is 0.711. The molecule has 0 unspecified atom stereocenters. The van der Waals surface area contributed by atoms with Crippen LogP contribution in [0.15, 0.2) is 35.6 Å². The first kappa shape index (κ1) is 20.3. The lowest BCUT2D eigenvalue weighted by Crippen LogP contribution is -2.40. The molecule has 9 heteroatoms. The van der Waals surface area contributed by atoms with Crippen molar-refractivity contribution in [1.82, 2.24) is 30.2 Å². The summed E-state index contributed by atoms with van der Waals surface area (Å²) >= 11 is 1.46. The molecular formula is C19H26N6O2S. The van der Waals surface area contributed by atoms with Crippen LogP contribution in [0.5, 0.6) is 0 Å². The molecule has 1 aliphatic rings. The lowest BCUT2D eigenvalue weighted by atomic mass is 10.1. The van der Waals surface area contributed by atoms with Gasteiger partial charge in [-0.3, -0.25) is 9.59 Å². The van der Waals surface area contributed by atoms with Gasteiger partial charge in [0, 0.05) is 25.8 Å². The van der Waals surface area contributed by atoms with E-state index in [1.807, 2.05) is 36.9 Å². The second kappa shape index (κ2) is 9.68. The van der Waals surface area contributed by atoms with Crippen LogP contribution in [-0.4, -0.2) is 62.1 Å². The van der Waals surface area contributed by atoms with E-state index in [1.54, 1.807) is 17.1 Å². The van der Waals surface area contributed by atoms with Gasteiger partial charge in [-0.1, -0.05) is 36.9 Å². The Morgan fingerprint density at radius 1 is 1.29 bits per heavy atom. The van der Waals surface area contributed by atoms with E-state index in [9.17, 15) is 9.59 Å². The van der Waals surface area contributed by atoms with E-state index < -0.39 is 0 Å². The number of pyridine rings is 1. The summed E-state index contributed by atoms with van der Waals surface area (Å²) in [6, 6.07) is 5.84. The van der Waals surface area contributed by atoms with Crippen LogP contribution in [0.2, 0.25) is 0 Å². The van der Waals surface area contributed by atoms with Gasteiger partial charge in [0.15, 0.2) is 5.69 Å². The average Bonchev–Trinajstić information content (AvgIpc) is 3.21. The van der Waals surface area contributed by atoms with E-state index in [1.165, 1.54) is 11.8 Å². The number of nitrogens with one attached hydrogen (secondary N) is 1. The first-order valence-electron chi connectivity index (χ1n) is 9.54. The number of hydrogen-bond donors (Lipinski definition) is 1. The molecule has 8 nitrogen and oxygen atoms in total. The van der Waals surface area contributed by atoms with Crippen molar-refractivity contribution in [2.75, 3.05) is 25.4 Å². The molecule has 150 valence electrons. The van der Waals surface area contributed by atoms with Crippen molar-refractivity contribution < 1.29 is 9.59 Å². The summed E-state index contributed by atoms with van der Waals surface area (Å²) in [7, 11) is 0. The van der Waals surface area contributed by atoms with E-state index in [0.717, 1.165) is 17.9 Å². The predicted molar refractivity (Wildman–Crippen MR) is 107 cm³/mol. The Morgan fingerprint density at radius 2 is 2.07 bits per heavy atom. The Morgan fingerprint density at radius 3 is 2.75 bits per heavy atom. The number of aromatic nitrogens is 4. The number of carbonyl (C=O) groups is 2. The maximum atomic E-state index is 12.4. The lowest BCUT2D eigenvalue weighted by Gasteiger charge is -2.31. The number of carbonyl (C=O) groups excluding carboxylic acids is 2. The minimum Gasteiger partial charge on any atom is -0.350 e. The SMILES string of the molecule is CC(C)CNC(=O)c1cn(C2CCN(C(=O)CSc3ccccn3)CC2)nn1. The highest BCUT2D eigenvalue weighted by Crippen LogP contribution is 2.23. The number of amides is 2. The normalized spacial score (nSPS) is 15.0. The Hall–Kier alpha value is -2.42. The molecule has 28 heavy (non-hydrogen) atoms. The molecule has 0 bridgehead atoms. The second-order valence-electron chi connectivity index (χ2n) is 7.26. The minimum atomic E-state index is -0.195. The second-order valence-corrected chi connectivity index (χ2v) is 8.25. The van der Waals surface area contributed by atoms with E-state index in [-0.39, 0.29) is 17.9 Å². The maximum absolute atomic E-state index is 12.4. The van der Waals surface area contributed by atoms with Crippen LogP contribution in [0.4, 0.5) is 0 Å². The van der Waals surface area contributed by atoms with Gasteiger partial charge in [0.1, 0.15) is 0 Å². The van der Waals surface area contributed by atoms with Gasteiger partial charge in [-0.05, 0) is 30.9 Å². The van der Waals surface area contributed by atoms with E-state index in [0.29, 0.717) is 37.0 Å². The number of hydrogen-bond acceptors (Lipinski definition) is 6. The van der Waals surface area contributed by atoms with Crippen LogP contribution < -0.4 is 5.32 Å². The Bertz CT molecular complexity index is 787. The summed E-state index contributed by atoms with van der Waals surface area (Å²) in [5.41, 5.74) is 0.339. The molecule has 2 aromatic rings. The van der Waals surface area contributed by atoms with Crippen LogP contribution >= 0.6 is 11.8 Å². The van der Waals surface area contributed by atoms with Crippen LogP contribution in [0, 0.1) is 5.92 Å². The molecule has 0 aromatic carbocycles. The standard InChI is InChI=1S/C19H26N6O2S/c1-14(2)11-21-19(27)16-12-25(23-22-16)15-6-9-24(10-7-15)18(26)13-28-17-5-3-4-8-20-17/h3-5,8,12,14-15H,6-7,9-11,13H2,1-2H3,(H,21,27). The molecule has 1 aliphatic heterocycles. The van der Waals surface area contributed by atoms with Crippen molar-refractivity contribution in [2.24, 2.45) is 5.92 Å². The van der Waals surface area contributed by atoms with Crippen LogP contribution in [0.3, 0.4) is 0 Å². The zero-order valence-electron chi connectivity index (χ0n) is 16.2. The number of thioether (sulfide) groups is 1. The zero-order valence-corrected chi connectivity index (χ0v) is 17.1. The number of nitrogens with zero attached hydrogens (tertiary/aromatic N) is 5. The molecule has 1 fully saturated rings. The quantitative estimate of drug-likeness (QED) is 0.712. The maximum Gasteiger partial charge on any atom is 0.273 e. The van der Waals surface area contributed by atoms with Gasteiger partial charge in [-0.15, -0.1) is 5.10 Å². The van der Waals surface area contributed by atoms with Gasteiger partial charge in [-0.25, -0.2) is 9.67 Å². The molecule has 2 amide bonds. The van der Waals surface area contributed by atoms with Gasteiger partial charge < -0.3 is 10.2 Å². The van der Waals surface area contributed by atoms with Crippen molar-refractivity contribution in [2.45, 2.75) is 37.8 Å². The molecule has 1 N–H and O–H groups in total. The summed E-state index contributed by atoms with van der Waals surface area (Å²) in [4.78, 5) is 30.6. The molecule has 0 atom stereocenters. The van der Waals surface area contributed by atoms with Crippen LogP contribution in [0.25, 0.3) is 0 Å². The van der Waals surface area contributed by atoms with Crippen LogP contribution in [0.1, 0.15) is 43.2 Å². The molecule has 0 spiro atoms. The fraction of sp³-hybridized carbons (Fsp3) is 0.526. The lowest BCUT2D eigenvalue weighted by molar-refractivity contribution is -0.129. The van der Waals surface area contributed by atoms with E-state index >= 15 is 0 Å². The fourth-order valence-electron chi connectivity index (χ4n) is 2.99. The Kier molecular flexibility index (Phi) is 7.02. The third-order valence-electron chi connectivity index (χ3n) is 4.59. The molecule has 0 aliphatic carbocycles. The molecule has 0 radical (unpaired) electrons.